The molecule has 0 fully saturated rings. The number of hydrogen-bond donors (Lipinski definition) is 1. The molecule has 0 spiro atoms. The maximum atomic E-state index is 13.2. The Balaban J connectivity index is 2.23. The van der Waals surface area contributed by atoms with Crippen molar-refractivity contribution in [2.75, 3.05) is 0 Å². The molecule has 0 saturated carbocycles. The van der Waals surface area contributed by atoms with E-state index in [0.29, 0.717) is 5.56 Å². The summed E-state index contributed by atoms with van der Waals surface area (Å²) in [5.74, 6) is -1.35. The third kappa shape index (κ3) is 8.04. The molecule has 3 rings (SSSR count). The number of benzene rings is 3. The smallest absolute Gasteiger partial charge is 0.406 e. The zero-order chi connectivity index (χ0) is 28.2. The largest absolute Gasteiger partial charge is 0.573 e. The van der Waals surface area contributed by atoms with Crippen molar-refractivity contribution in [3.05, 3.63) is 95.6 Å². The zero-order valence-electron chi connectivity index (χ0n) is 19.4. The Kier molecular flexibility index (Phi) is 8.55. The molecule has 38 heavy (non-hydrogen) atoms. The lowest BCUT2D eigenvalue weighted by Crippen LogP contribution is -2.35. The first kappa shape index (κ1) is 29.2. The third-order valence-corrected chi connectivity index (χ3v) is 5.81. The quantitative estimate of drug-likeness (QED) is 0.277. The van der Waals surface area contributed by atoms with E-state index in [1.165, 1.54) is 24.3 Å². The molecule has 3 aromatic rings. The van der Waals surface area contributed by atoms with Crippen molar-refractivity contribution in [3.63, 3.8) is 0 Å². The maximum Gasteiger partial charge on any atom is 0.573 e. The van der Waals surface area contributed by atoms with Gasteiger partial charge in [0, 0.05) is 5.41 Å². The van der Waals surface area contributed by atoms with Gasteiger partial charge >= 0.3 is 18.9 Å². The molecule has 12 heteroatoms. The lowest BCUT2D eigenvalue weighted by atomic mass is 9.67. The number of alkyl halides is 9. The average Bonchev–Trinajstić information content (AvgIpc) is 2.80. The fraction of sp³-hybridized carbons (Fsp3) is 0.308. The Bertz CT molecular complexity index is 1130. The van der Waals surface area contributed by atoms with Gasteiger partial charge in [0.05, 0.1) is 0 Å². The molecule has 206 valence electrons. The van der Waals surface area contributed by atoms with Gasteiger partial charge in [-0.3, -0.25) is 0 Å². The van der Waals surface area contributed by atoms with E-state index < -0.39 is 54.8 Å². The van der Waals surface area contributed by atoms with Crippen molar-refractivity contribution in [2.24, 2.45) is 0 Å². The SMILES string of the molecule is O[C@H](CCC(Cc1ccccc1)(c1cccc(OC(F)(F)F)c1)c1cccc(OC(F)(F)F)c1)C(F)(F)F. The molecule has 0 aromatic heterocycles. The number of ether oxygens (including phenoxy) is 2. The summed E-state index contributed by atoms with van der Waals surface area (Å²) < 4.78 is 125. The normalized spacial score (nSPS) is 13.7. The van der Waals surface area contributed by atoms with Crippen LogP contribution >= 0.6 is 0 Å². The van der Waals surface area contributed by atoms with Gasteiger partial charge in [0.15, 0.2) is 0 Å². The van der Waals surface area contributed by atoms with E-state index in [1.807, 2.05) is 0 Å². The minimum atomic E-state index is -5.08. The van der Waals surface area contributed by atoms with Crippen molar-refractivity contribution >= 4 is 0 Å². The second kappa shape index (κ2) is 11.1. The van der Waals surface area contributed by atoms with Crippen molar-refractivity contribution in [3.8, 4) is 11.5 Å². The fourth-order valence-corrected chi connectivity index (χ4v) is 4.22. The second-order valence-corrected chi connectivity index (χ2v) is 8.49. The van der Waals surface area contributed by atoms with E-state index >= 15 is 0 Å². The summed E-state index contributed by atoms with van der Waals surface area (Å²) >= 11 is 0. The van der Waals surface area contributed by atoms with Gasteiger partial charge in [0.2, 0.25) is 0 Å². The highest BCUT2D eigenvalue weighted by Crippen LogP contribution is 2.44. The van der Waals surface area contributed by atoms with Crippen LogP contribution in [0.4, 0.5) is 39.5 Å². The van der Waals surface area contributed by atoms with Crippen molar-refractivity contribution in [2.45, 2.75) is 49.7 Å². The van der Waals surface area contributed by atoms with Gasteiger partial charge in [-0.1, -0.05) is 54.6 Å². The highest BCUT2D eigenvalue weighted by molar-refractivity contribution is 5.47. The summed E-state index contributed by atoms with van der Waals surface area (Å²) in [5, 5.41) is 9.75. The summed E-state index contributed by atoms with van der Waals surface area (Å²) in [4.78, 5) is 0. The number of hydrogen-bond acceptors (Lipinski definition) is 3. The van der Waals surface area contributed by atoms with Crippen LogP contribution in [0.25, 0.3) is 0 Å². The van der Waals surface area contributed by atoms with Gasteiger partial charge in [0.25, 0.3) is 0 Å². The molecule has 0 bridgehead atoms. The Morgan fingerprint density at radius 1 is 0.632 bits per heavy atom. The molecule has 0 aliphatic rings. The maximum absolute atomic E-state index is 13.2. The van der Waals surface area contributed by atoms with Crippen molar-refractivity contribution < 1.29 is 54.1 Å². The van der Waals surface area contributed by atoms with Crippen LogP contribution in [0, 0.1) is 0 Å². The van der Waals surface area contributed by atoms with Gasteiger partial charge in [-0.25, -0.2) is 0 Å². The first-order chi connectivity index (χ1) is 17.6. The summed E-state index contributed by atoms with van der Waals surface area (Å²) in [6.45, 7) is 0. The van der Waals surface area contributed by atoms with Crippen LogP contribution in [0.5, 0.6) is 11.5 Å². The summed E-state index contributed by atoms with van der Waals surface area (Å²) in [6, 6.07) is 17.1. The molecule has 0 aliphatic heterocycles. The average molecular weight is 552 g/mol. The van der Waals surface area contributed by atoms with Gasteiger partial charge < -0.3 is 14.6 Å². The number of aliphatic hydroxyl groups is 1. The molecular weight excluding hydrogens is 531 g/mol. The van der Waals surface area contributed by atoms with Gasteiger partial charge in [-0.05, 0) is 60.2 Å². The molecule has 3 nitrogen and oxygen atoms in total. The molecule has 0 radical (unpaired) electrons. The molecule has 0 amide bonds. The first-order valence-electron chi connectivity index (χ1n) is 11.1. The highest BCUT2D eigenvalue weighted by atomic mass is 19.4. The zero-order valence-corrected chi connectivity index (χ0v) is 19.4. The second-order valence-electron chi connectivity index (χ2n) is 8.49. The first-order valence-corrected chi connectivity index (χ1v) is 11.1. The Morgan fingerprint density at radius 3 is 1.53 bits per heavy atom. The van der Waals surface area contributed by atoms with Gasteiger partial charge in [0.1, 0.15) is 17.6 Å². The van der Waals surface area contributed by atoms with E-state index in [2.05, 4.69) is 9.47 Å². The molecule has 0 aliphatic carbocycles. The summed E-state index contributed by atoms with van der Waals surface area (Å²) in [6.07, 6.45) is -19.5. The molecular formula is C26H21F9O3. The van der Waals surface area contributed by atoms with Gasteiger partial charge in [-0.2, -0.15) is 13.2 Å². The van der Waals surface area contributed by atoms with Crippen LogP contribution in [0.15, 0.2) is 78.9 Å². The molecule has 3 aromatic carbocycles. The molecule has 0 saturated heterocycles. The number of aliphatic hydroxyl groups excluding tert-OH is 1. The predicted octanol–water partition coefficient (Wildman–Crippen LogP) is 7.72. The van der Waals surface area contributed by atoms with E-state index in [-0.39, 0.29) is 17.5 Å². The highest BCUT2D eigenvalue weighted by Gasteiger charge is 2.43. The van der Waals surface area contributed by atoms with Crippen LogP contribution in [0.2, 0.25) is 0 Å². The van der Waals surface area contributed by atoms with E-state index in [0.717, 1.165) is 24.3 Å². The van der Waals surface area contributed by atoms with Crippen LogP contribution in [0.3, 0.4) is 0 Å². The predicted molar refractivity (Wildman–Crippen MR) is 118 cm³/mol. The topological polar surface area (TPSA) is 38.7 Å². The monoisotopic (exact) mass is 552 g/mol. The molecule has 1 atom stereocenters. The minimum Gasteiger partial charge on any atom is -0.406 e. The Labute approximate surface area is 211 Å². The Morgan fingerprint density at radius 2 is 1.11 bits per heavy atom. The van der Waals surface area contributed by atoms with E-state index in [9.17, 15) is 44.6 Å². The molecule has 0 unspecified atom stereocenters. The third-order valence-electron chi connectivity index (χ3n) is 5.81. The van der Waals surface area contributed by atoms with E-state index in [1.54, 1.807) is 30.3 Å². The summed E-state index contributed by atoms with van der Waals surface area (Å²) in [5.41, 5.74) is -1.05. The lowest BCUT2D eigenvalue weighted by molar-refractivity contribution is -0.275. The summed E-state index contributed by atoms with van der Waals surface area (Å²) in [7, 11) is 0. The number of halogens is 9. The van der Waals surface area contributed by atoms with Crippen LogP contribution < -0.4 is 9.47 Å². The molecule has 1 N–H and O–H groups in total. The number of rotatable bonds is 9. The Hall–Kier alpha value is -3.41. The standard InChI is InChI=1S/C26H21F9O3/c27-24(28,29)22(36)12-13-23(16-17-6-2-1-3-7-17,18-8-4-10-20(14-18)37-25(30,31)32)19-9-5-11-21(15-19)38-26(33,34)35/h1-11,14-15,22,36H,12-13,16H2/t22-/m1/s1. The fourth-order valence-electron chi connectivity index (χ4n) is 4.22. The van der Waals surface area contributed by atoms with Gasteiger partial charge in [-0.15, -0.1) is 26.3 Å². The van der Waals surface area contributed by atoms with Crippen LogP contribution in [-0.4, -0.2) is 30.1 Å². The van der Waals surface area contributed by atoms with Crippen molar-refractivity contribution in [1.82, 2.24) is 0 Å². The lowest BCUT2D eigenvalue weighted by Gasteiger charge is -2.37. The minimum absolute atomic E-state index is 0.0293. The van der Waals surface area contributed by atoms with Crippen molar-refractivity contribution in [1.29, 1.82) is 0 Å². The van der Waals surface area contributed by atoms with Crippen LogP contribution in [-0.2, 0) is 11.8 Å². The molecule has 0 heterocycles. The van der Waals surface area contributed by atoms with E-state index in [4.69, 9.17) is 0 Å². The van der Waals surface area contributed by atoms with Crippen LogP contribution in [0.1, 0.15) is 29.5 Å².